The van der Waals surface area contributed by atoms with E-state index in [0.717, 1.165) is 5.56 Å². The lowest BCUT2D eigenvalue weighted by Crippen LogP contribution is -2.17. The van der Waals surface area contributed by atoms with Crippen molar-refractivity contribution < 1.29 is 4.79 Å². The Morgan fingerprint density at radius 3 is 2.29 bits per heavy atom. The van der Waals surface area contributed by atoms with Crippen LogP contribution in [0.5, 0.6) is 0 Å². The molecule has 0 aliphatic heterocycles. The van der Waals surface area contributed by atoms with Gasteiger partial charge in [-0.2, -0.15) is 5.10 Å². The smallest absolute Gasteiger partial charge is 0.271 e. The molecule has 3 N–H and O–H groups in total. The molecule has 2 aromatic rings. The van der Waals surface area contributed by atoms with E-state index in [-0.39, 0.29) is 5.91 Å². The zero-order valence-electron chi connectivity index (χ0n) is 12.2. The summed E-state index contributed by atoms with van der Waals surface area (Å²) in [4.78, 5) is 11.8. The number of amides is 1. The molecule has 0 aliphatic carbocycles. The maximum atomic E-state index is 11.8. The average molecular weight is 281 g/mol. The van der Waals surface area contributed by atoms with E-state index in [0.29, 0.717) is 17.2 Å². The Labute approximate surface area is 124 Å². The summed E-state index contributed by atoms with van der Waals surface area (Å²) < 4.78 is 0. The molecule has 0 fully saturated rings. The van der Waals surface area contributed by atoms with Gasteiger partial charge in [-0.25, -0.2) is 5.43 Å². The van der Waals surface area contributed by atoms with Gasteiger partial charge in [0.15, 0.2) is 0 Å². The van der Waals surface area contributed by atoms with Crippen LogP contribution in [0.25, 0.3) is 0 Å². The summed E-state index contributed by atoms with van der Waals surface area (Å²) >= 11 is 0. The van der Waals surface area contributed by atoms with Gasteiger partial charge in [0.2, 0.25) is 0 Å². The number of nitrogen functional groups attached to an aromatic ring is 1. The van der Waals surface area contributed by atoms with Crippen molar-refractivity contribution in [3.05, 3.63) is 65.2 Å². The van der Waals surface area contributed by atoms with E-state index in [1.165, 1.54) is 5.56 Å². The number of benzene rings is 2. The highest BCUT2D eigenvalue weighted by molar-refractivity contribution is 5.95. The first-order valence-corrected chi connectivity index (χ1v) is 6.85. The number of nitrogens with zero attached hydrogens (tertiary/aromatic N) is 1. The highest BCUT2D eigenvalue weighted by Crippen LogP contribution is 2.13. The van der Waals surface area contributed by atoms with Crippen molar-refractivity contribution in [3.63, 3.8) is 0 Å². The van der Waals surface area contributed by atoms with Crippen LogP contribution in [0.1, 0.15) is 41.3 Å². The first-order chi connectivity index (χ1) is 10.1. The van der Waals surface area contributed by atoms with Gasteiger partial charge in [-0.15, -0.1) is 0 Å². The summed E-state index contributed by atoms with van der Waals surface area (Å²) in [6.45, 7) is 4.30. The van der Waals surface area contributed by atoms with E-state index in [1.54, 1.807) is 30.5 Å². The predicted molar refractivity (Wildman–Crippen MR) is 86.4 cm³/mol. The number of hydrogen-bond donors (Lipinski definition) is 2. The molecule has 2 rings (SSSR count). The summed E-state index contributed by atoms with van der Waals surface area (Å²) in [5.74, 6) is 0.242. The fraction of sp³-hybridized carbons (Fsp3) is 0.176. The van der Waals surface area contributed by atoms with E-state index in [9.17, 15) is 4.79 Å². The first kappa shape index (κ1) is 14.8. The number of carbonyl (C=O) groups is 1. The molecule has 108 valence electrons. The van der Waals surface area contributed by atoms with Crippen molar-refractivity contribution in [1.82, 2.24) is 5.43 Å². The molecule has 4 heteroatoms. The van der Waals surface area contributed by atoms with Crippen LogP contribution < -0.4 is 11.2 Å². The van der Waals surface area contributed by atoms with Crippen LogP contribution in [-0.4, -0.2) is 12.1 Å². The highest BCUT2D eigenvalue weighted by Gasteiger charge is 2.02. The summed E-state index contributed by atoms with van der Waals surface area (Å²) in [6.07, 6.45) is 1.62. The van der Waals surface area contributed by atoms with Crippen LogP contribution in [-0.2, 0) is 0 Å². The molecular formula is C17H19N3O. The quantitative estimate of drug-likeness (QED) is 0.513. The average Bonchev–Trinajstić information content (AvgIpc) is 2.48. The van der Waals surface area contributed by atoms with E-state index < -0.39 is 0 Å². The number of hydrazone groups is 1. The minimum Gasteiger partial charge on any atom is -0.399 e. The topological polar surface area (TPSA) is 67.5 Å². The number of hydrogen-bond acceptors (Lipinski definition) is 3. The zero-order chi connectivity index (χ0) is 15.2. The maximum absolute atomic E-state index is 11.8. The van der Waals surface area contributed by atoms with E-state index >= 15 is 0 Å². The second kappa shape index (κ2) is 6.70. The van der Waals surface area contributed by atoms with Gasteiger partial charge in [0, 0.05) is 11.3 Å². The fourth-order valence-electron chi connectivity index (χ4n) is 1.83. The van der Waals surface area contributed by atoms with Crippen LogP contribution in [0.2, 0.25) is 0 Å². The molecule has 4 nitrogen and oxygen atoms in total. The second-order valence-corrected chi connectivity index (χ2v) is 5.14. The Bertz CT molecular complexity index is 628. The molecular weight excluding hydrogens is 262 g/mol. The van der Waals surface area contributed by atoms with Gasteiger partial charge < -0.3 is 5.73 Å². The molecule has 0 saturated heterocycles. The lowest BCUT2D eigenvalue weighted by atomic mass is 10.0. The molecule has 21 heavy (non-hydrogen) atoms. The van der Waals surface area contributed by atoms with E-state index in [1.807, 2.05) is 12.1 Å². The Kier molecular flexibility index (Phi) is 4.72. The third-order valence-corrected chi connectivity index (χ3v) is 3.16. The summed E-state index contributed by atoms with van der Waals surface area (Å²) in [6, 6.07) is 14.8. The van der Waals surface area contributed by atoms with Crippen LogP contribution in [0.4, 0.5) is 5.69 Å². The molecule has 0 bridgehead atoms. The minimum atomic E-state index is -0.259. The van der Waals surface area contributed by atoms with Crippen molar-refractivity contribution in [3.8, 4) is 0 Å². The minimum absolute atomic E-state index is 0.259. The molecule has 2 aromatic carbocycles. The number of nitrogens with one attached hydrogen (secondary N) is 1. The molecule has 0 heterocycles. The van der Waals surface area contributed by atoms with Crippen molar-refractivity contribution in [2.45, 2.75) is 19.8 Å². The zero-order valence-corrected chi connectivity index (χ0v) is 12.2. The van der Waals surface area contributed by atoms with Crippen LogP contribution in [0, 0.1) is 0 Å². The van der Waals surface area contributed by atoms with Crippen molar-refractivity contribution in [2.24, 2.45) is 5.10 Å². The molecule has 0 aliphatic rings. The first-order valence-electron chi connectivity index (χ1n) is 6.85. The van der Waals surface area contributed by atoms with Gasteiger partial charge in [0.25, 0.3) is 5.91 Å². The summed E-state index contributed by atoms with van der Waals surface area (Å²) in [7, 11) is 0. The number of anilines is 1. The van der Waals surface area contributed by atoms with Crippen molar-refractivity contribution in [2.75, 3.05) is 5.73 Å². The Morgan fingerprint density at radius 1 is 1.10 bits per heavy atom. The summed E-state index contributed by atoms with van der Waals surface area (Å²) in [5.41, 5.74) is 11.4. The molecule has 0 atom stereocenters. The largest absolute Gasteiger partial charge is 0.399 e. The summed E-state index contributed by atoms with van der Waals surface area (Å²) in [5, 5.41) is 3.96. The third-order valence-electron chi connectivity index (χ3n) is 3.16. The molecule has 0 aromatic heterocycles. The van der Waals surface area contributed by atoms with Gasteiger partial charge in [-0.3, -0.25) is 4.79 Å². The monoisotopic (exact) mass is 281 g/mol. The number of nitrogens with two attached hydrogens (primary N) is 1. The lowest BCUT2D eigenvalue weighted by Gasteiger charge is -2.04. The maximum Gasteiger partial charge on any atom is 0.271 e. The Balaban J connectivity index is 1.95. The van der Waals surface area contributed by atoms with Gasteiger partial charge in [0.05, 0.1) is 6.21 Å². The van der Waals surface area contributed by atoms with E-state index in [4.69, 9.17) is 5.73 Å². The van der Waals surface area contributed by atoms with Crippen LogP contribution >= 0.6 is 0 Å². The predicted octanol–water partition coefficient (Wildman–Crippen LogP) is 3.16. The van der Waals surface area contributed by atoms with Crippen LogP contribution in [0.3, 0.4) is 0 Å². The van der Waals surface area contributed by atoms with Gasteiger partial charge in [0.1, 0.15) is 0 Å². The third kappa shape index (κ3) is 4.18. The molecule has 0 unspecified atom stereocenters. The highest BCUT2D eigenvalue weighted by atomic mass is 16.2. The van der Waals surface area contributed by atoms with Crippen LogP contribution in [0.15, 0.2) is 53.6 Å². The molecule has 0 radical (unpaired) electrons. The van der Waals surface area contributed by atoms with E-state index in [2.05, 4.69) is 36.5 Å². The lowest BCUT2D eigenvalue weighted by molar-refractivity contribution is 0.0955. The van der Waals surface area contributed by atoms with Gasteiger partial charge in [-0.05, 0) is 41.3 Å². The molecule has 0 saturated carbocycles. The number of rotatable bonds is 4. The Morgan fingerprint density at radius 2 is 1.71 bits per heavy atom. The standard InChI is InChI=1S/C17H19N3O/c1-12(2)14-5-3-13(4-6-14)11-19-20-17(21)15-7-9-16(18)10-8-15/h3-12H,18H2,1-2H3,(H,20,21). The SMILES string of the molecule is CC(C)c1ccc(C=NNC(=O)c2ccc(N)cc2)cc1. The molecule has 1 amide bonds. The normalized spacial score (nSPS) is 11.0. The van der Waals surface area contributed by atoms with Gasteiger partial charge in [-0.1, -0.05) is 38.1 Å². The van der Waals surface area contributed by atoms with Gasteiger partial charge >= 0.3 is 0 Å². The number of carbonyl (C=O) groups excluding carboxylic acids is 1. The fourth-order valence-corrected chi connectivity index (χ4v) is 1.83. The van der Waals surface area contributed by atoms with Crippen molar-refractivity contribution >= 4 is 17.8 Å². The second-order valence-electron chi connectivity index (χ2n) is 5.14. The van der Waals surface area contributed by atoms with Crippen molar-refractivity contribution in [1.29, 1.82) is 0 Å². The molecule has 0 spiro atoms. The Hall–Kier alpha value is -2.62.